The molecule has 0 spiro atoms. The zero-order valence-corrected chi connectivity index (χ0v) is 15.4. The van der Waals surface area contributed by atoms with Crippen LogP contribution in [-0.2, 0) is 4.79 Å². The molecule has 1 amide bonds. The Morgan fingerprint density at radius 3 is 2.48 bits per heavy atom. The summed E-state index contributed by atoms with van der Waals surface area (Å²) >= 11 is 1.39. The highest BCUT2D eigenvalue weighted by molar-refractivity contribution is 8.18. The third kappa shape index (κ3) is 5.16. The quantitative estimate of drug-likeness (QED) is 0.296. The highest BCUT2D eigenvalue weighted by atomic mass is 32.2. The van der Waals surface area contributed by atoms with E-state index in [0.29, 0.717) is 11.4 Å². The number of nitro benzene ring substituents is 1. The summed E-state index contributed by atoms with van der Waals surface area (Å²) in [6.45, 7) is 5.60. The molecule has 0 bridgehead atoms. The smallest absolute Gasteiger partial charge is 0.269 e. The number of thioether (sulfide) groups is 1. The van der Waals surface area contributed by atoms with Crippen molar-refractivity contribution in [2.45, 2.75) is 39.5 Å². The number of amides is 1. The second-order valence-corrected chi connectivity index (χ2v) is 6.80. The molecule has 0 radical (unpaired) electrons. The Morgan fingerprint density at radius 1 is 1.20 bits per heavy atom. The van der Waals surface area contributed by atoms with Crippen LogP contribution in [0.4, 0.5) is 5.69 Å². The van der Waals surface area contributed by atoms with E-state index in [-0.39, 0.29) is 11.6 Å². The lowest BCUT2D eigenvalue weighted by Crippen LogP contribution is -2.30. The second-order valence-electron chi connectivity index (χ2n) is 5.79. The number of hydrogen-bond acceptors (Lipinski definition) is 5. The number of rotatable bonds is 8. The molecule has 2 rings (SSSR count). The highest BCUT2D eigenvalue weighted by Gasteiger charge is 2.32. The van der Waals surface area contributed by atoms with Gasteiger partial charge < -0.3 is 0 Å². The normalized spacial score (nSPS) is 17.7. The molecule has 0 atom stereocenters. The summed E-state index contributed by atoms with van der Waals surface area (Å²) in [6, 6.07) is 6.20. The number of unbranched alkanes of at least 4 members (excludes halogenated alkanes) is 2. The van der Waals surface area contributed by atoms with Crippen LogP contribution < -0.4 is 0 Å². The maximum atomic E-state index is 12.7. The minimum absolute atomic E-state index is 0.0351. The Kier molecular flexibility index (Phi) is 7.18. The monoisotopic (exact) mass is 361 g/mol. The predicted octanol–water partition coefficient (Wildman–Crippen LogP) is 4.47. The predicted molar refractivity (Wildman–Crippen MR) is 102 cm³/mol. The Bertz CT molecular complexity index is 683. The molecule has 7 heteroatoms. The van der Waals surface area contributed by atoms with E-state index in [4.69, 9.17) is 0 Å². The molecule has 1 aromatic rings. The molecule has 1 heterocycles. The number of amidine groups is 1. The van der Waals surface area contributed by atoms with E-state index in [2.05, 4.69) is 18.8 Å². The van der Waals surface area contributed by atoms with Crippen molar-refractivity contribution < 1.29 is 9.72 Å². The third-order valence-corrected chi connectivity index (χ3v) is 4.83. The Balaban J connectivity index is 2.20. The maximum absolute atomic E-state index is 12.7. The molecule has 1 aliphatic heterocycles. The van der Waals surface area contributed by atoms with Crippen molar-refractivity contribution in [1.82, 2.24) is 4.90 Å². The molecule has 0 aliphatic carbocycles. The second kappa shape index (κ2) is 9.36. The zero-order valence-electron chi connectivity index (χ0n) is 14.6. The van der Waals surface area contributed by atoms with E-state index in [1.165, 1.54) is 23.9 Å². The van der Waals surface area contributed by atoms with Gasteiger partial charge in [0.2, 0.25) is 0 Å². The number of carbonyl (C=O) groups is 1. The first-order valence-corrected chi connectivity index (χ1v) is 9.38. The Hall–Kier alpha value is -2.15. The van der Waals surface area contributed by atoms with Crippen LogP contribution in [-0.4, -0.2) is 34.0 Å². The largest absolute Gasteiger partial charge is 0.287 e. The summed E-state index contributed by atoms with van der Waals surface area (Å²) in [5, 5.41) is 11.5. The minimum Gasteiger partial charge on any atom is -0.287 e. The molecule has 1 fully saturated rings. The van der Waals surface area contributed by atoms with Crippen molar-refractivity contribution >= 4 is 34.6 Å². The lowest BCUT2D eigenvalue weighted by molar-refractivity contribution is -0.384. The van der Waals surface area contributed by atoms with Crippen LogP contribution in [0.3, 0.4) is 0 Å². The van der Waals surface area contributed by atoms with Gasteiger partial charge in [0.05, 0.1) is 9.83 Å². The van der Waals surface area contributed by atoms with Gasteiger partial charge >= 0.3 is 0 Å². The van der Waals surface area contributed by atoms with Gasteiger partial charge in [0, 0.05) is 25.2 Å². The standard InChI is InChI=1S/C18H23N3O3S/c1-3-5-11-19-18-20(12-6-4-2)17(22)16(25-18)13-14-7-9-15(10-8-14)21(23)24/h7-10,13H,3-6,11-12H2,1-2H3. The first-order chi connectivity index (χ1) is 12.1. The molecule has 1 aromatic carbocycles. The number of benzene rings is 1. The van der Waals surface area contributed by atoms with Gasteiger partial charge in [-0.15, -0.1) is 0 Å². The summed E-state index contributed by atoms with van der Waals surface area (Å²) in [4.78, 5) is 29.9. The average molecular weight is 361 g/mol. The van der Waals surface area contributed by atoms with Crippen LogP contribution in [0.15, 0.2) is 34.2 Å². The molecule has 25 heavy (non-hydrogen) atoms. The topological polar surface area (TPSA) is 75.8 Å². The van der Waals surface area contributed by atoms with Crippen LogP contribution in [0.5, 0.6) is 0 Å². The number of nitrogens with zero attached hydrogens (tertiary/aromatic N) is 3. The lowest BCUT2D eigenvalue weighted by Gasteiger charge is -2.14. The van der Waals surface area contributed by atoms with E-state index in [9.17, 15) is 14.9 Å². The fourth-order valence-electron chi connectivity index (χ4n) is 2.32. The van der Waals surface area contributed by atoms with E-state index in [0.717, 1.165) is 43.0 Å². The van der Waals surface area contributed by atoms with Crippen molar-refractivity contribution in [1.29, 1.82) is 0 Å². The molecule has 0 N–H and O–H groups in total. The van der Waals surface area contributed by atoms with Gasteiger partial charge in [0.1, 0.15) is 0 Å². The molecular formula is C18H23N3O3S. The summed E-state index contributed by atoms with van der Waals surface area (Å²) in [6.07, 6.45) is 5.79. The van der Waals surface area contributed by atoms with Gasteiger partial charge in [-0.3, -0.25) is 24.8 Å². The molecule has 0 unspecified atom stereocenters. The molecule has 0 aromatic heterocycles. The summed E-state index contributed by atoms with van der Waals surface area (Å²) in [7, 11) is 0. The van der Waals surface area contributed by atoms with Gasteiger partial charge in [-0.1, -0.05) is 26.7 Å². The maximum Gasteiger partial charge on any atom is 0.269 e. The first kappa shape index (κ1) is 19.2. The van der Waals surface area contributed by atoms with Gasteiger partial charge in [0.25, 0.3) is 11.6 Å². The van der Waals surface area contributed by atoms with Gasteiger partial charge in [-0.25, -0.2) is 0 Å². The molecule has 1 aliphatic rings. The van der Waals surface area contributed by atoms with Crippen LogP contribution in [0.2, 0.25) is 0 Å². The fraction of sp³-hybridized carbons (Fsp3) is 0.444. The van der Waals surface area contributed by atoms with Crippen LogP contribution in [0.1, 0.15) is 45.1 Å². The van der Waals surface area contributed by atoms with Crippen molar-refractivity contribution in [2.75, 3.05) is 13.1 Å². The average Bonchev–Trinajstić information content (AvgIpc) is 2.89. The van der Waals surface area contributed by atoms with Gasteiger partial charge in [-0.05, 0) is 48.4 Å². The number of hydrogen-bond donors (Lipinski definition) is 0. The zero-order chi connectivity index (χ0) is 18.2. The Morgan fingerprint density at radius 2 is 1.88 bits per heavy atom. The van der Waals surface area contributed by atoms with Crippen molar-refractivity contribution in [3.8, 4) is 0 Å². The van der Waals surface area contributed by atoms with E-state index in [1.807, 2.05) is 0 Å². The number of non-ortho nitro benzene ring substituents is 1. The van der Waals surface area contributed by atoms with Crippen molar-refractivity contribution in [3.05, 3.63) is 44.8 Å². The summed E-state index contributed by atoms with van der Waals surface area (Å²) in [5.41, 5.74) is 0.811. The molecule has 0 saturated carbocycles. The van der Waals surface area contributed by atoms with E-state index < -0.39 is 4.92 Å². The molecule has 1 saturated heterocycles. The third-order valence-electron chi connectivity index (χ3n) is 3.78. The SMILES string of the molecule is CCCCN=C1SC(=Cc2ccc([N+](=O)[O-])cc2)C(=O)N1CCCC. The number of carbonyl (C=O) groups excluding carboxylic acids is 1. The van der Waals surface area contributed by atoms with E-state index >= 15 is 0 Å². The molecule has 134 valence electrons. The number of aliphatic imine (C=N–C) groups is 1. The number of nitro groups is 1. The van der Waals surface area contributed by atoms with Crippen LogP contribution in [0, 0.1) is 10.1 Å². The lowest BCUT2D eigenvalue weighted by atomic mass is 10.2. The van der Waals surface area contributed by atoms with Crippen LogP contribution in [0.25, 0.3) is 6.08 Å². The van der Waals surface area contributed by atoms with Gasteiger partial charge in [-0.2, -0.15) is 0 Å². The van der Waals surface area contributed by atoms with Crippen molar-refractivity contribution in [3.63, 3.8) is 0 Å². The first-order valence-electron chi connectivity index (χ1n) is 8.57. The minimum atomic E-state index is -0.433. The van der Waals surface area contributed by atoms with Gasteiger partial charge in [0.15, 0.2) is 5.17 Å². The Labute approximate surface area is 152 Å². The summed E-state index contributed by atoms with van der Waals surface area (Å²) in [5.74, 6) is -0.0351. The van der Waals surface area contributed by atoms with E-state index in [1.54, 1.807) is 23.1 Å². The highest BCUT2D eigenvalue weighted by Crippen LogP contribution is 2.33. The molecule has 6 nitrogen and oxygen atoms in total. The van der Waals surface area contributed by atoms with Crippen molar-refractivity contribution in [2.24, 2.45) is 4.99 Å². The summed E-state index contributed by atoms with van der Waals surface area (Å²) < 4.78 is 0. The molecular weight excluding hydrogens is 338 g/mol. The fourth-order valence-corrected chi connectivity index (χ4v) is 3.35. The van der Waals surface area contributed by atoms with Crippen LogP contribution >= 0.6 is 11.8 Å².